The molecule has 0 aromatic heterocycles. The van der Waals surface area contributed by atoms with E-state index in [1.807, 2.05) is 30.3 Å². The minimum absolute atomic E-state index is 0.284. The molecule has 0 radical (unpaired) electrons. The highest BCUT2D eigenvalue weighted by Crippen LogP contribution is 2.32. The van der Waals surface area contributed by atoms with Gasteiger partial charge in [0.25, 0.3) is 0 Å². The maximum Gasteiger partial charge on any atom is 0.384 e. The van der Waals surface area contributed by atoms with Crippen LogP contribution in [-0.4, -0.2) is 29.8 Å². The summed E-state index contributed by atoms with van der Waals surface area (Å²) in [5.74, 6) is 4.49. The standard InChI is InChI=1S/C16H19NO3/c1-2-20-14(18)9-11-16(19)10-6-12-17-15(16)13-7-4-3-5-8-13/h3-5,7-8,15,17,19H,2,6,10,12H2,1H3/t15-,16+/m0/s1. The van der Waals surface area contributed by atoms with Crippen LogP contribution in [0.25, 0.3) is 0 Å². The van der Waals surface area contributed by atoms with Crippen molar-refractivity contribution in [2.45, 2.75) is 31.4 Å². The Morgan fingerprint density at radius 2 is 2.25 bits per heavy atom. The van der Waals surface area contributed by atoms with E-state index in [1.54, 1.807) is 6.92 Å². The van der Waals surface area contributed by atoms with Crippen LogP contribution in [0.3, 0.4) is 0 Å². The molecule has 1 aromatic carbocycles. The zero-order chi connectivity index (χ0) is 14.4. The van der Waals surface area contributed by atoms with Crippen LogP contribution < -0.4 is 5.32 Å². The van der Waals surface area contributed by atoms with Crippen molar-refractivity contribution in [1.82, 2.24) is 5.32 Å². The molecule has 0 saturated carbocycles. The Morgan fingerprint density at radius 1 is 1.50 bits per heavy atom. The highest BCUT2D eigenvalue weighted by atomic mass is 16.5. The molecule has 2 atom stereocenters. The second-order valence-electron chi connectivity index (χ2n) is 4.80. The number of hydrogen-bond acceptors (Lipinski definition) is 4. The van der Waals surface area contributed by atoms with Gasteiger partial charge in [0, 0.05) is 5.92 Å². The second kappa shape index (κ2) is 6.56. The third kappa shape index (κ3) is 3.38. The molecule has 1 aromatic rings. The van der Waals surface area contributed by atoms with E-state index in [0.717, 1.165) is 18.5 Å². The molecule has 4 heteroatoms. The Morgan fingerprint density at radius 3 is 2.95 bits per heavy atom. The zero-order valence-corrected chi connectivity index (χ0v) is 11.6. The second-order valence-corrected chi connectivity index (χ2v) is 4.80. The molecule has 2 N–H and O–H groups in total. The molecule has 0 bridgehead atoms. The number of nitrogens with one attached hydrogen (secondary N) is 1. The van der Waals surface area contributed by atoms with Crippen molar-refractivity contribution >= 4 is 5.97 Å². The van der Waals surface area contributed by atoms with Gasteiger partial charge in [-0.1, -0.05) is 36.3 Å². The molecule has 0 unspecified atom stereocenters. The lowest BCUT2D eigenvalue weighted by molar-refractivity contribution is -0.136. The first-order valence-electron chi connectivity index (χ1n) is 6.86. The van der Waals surface area contributed by atoms with E-state index in [1.165, 1.54) is 0 Å². The van der Waals surface area contributed by atoms with Crippen molar-refractivity contribution < 1.29 is 14.6 Å². The highest BCUT2D eigenvalue weighted by Gasteiger charge is 2.38. The predicted molar refractivity (Wildman–Crippen MR) is 75.8 cm³/mol. The summed E-state index contributed by atoms with van der Waals surface area (Å²) in [7, 11) is 0. The Balaban J connectivity index is 2.23. The largest absolute Gasteiger partial charge is 0.456 e. The van der Waals surface area contributed by atoms with Crippen LogP contribution >= 0.6 is 0 Å². The van der Waals surface area contributed by atoms with Gasteiger partial charge in [-0.2, -0.15) is 0 Å². The third-order valence-electron chi connectivity index (χ3n) is 3.35. The molecule has 4 nitrogen and oxygen atoms in total. The van der Waals surface area contributed by atoms with Crippen molar-refractivity contribution in [3.8, 4) is 11.8 Å². The quantitative estimate of drug-likeness (QED) is 0.486. The molecule has 1 aliphatic heterocycles. The Kier molecular flexibility index (Phi) is 4.78. The fraction of sp³-hybridized carbons (Fsp3) is 0.438. The summed E-state index contributed by atoms with van der Waals surface area (Å²) in [6.45, 7) is 2.83. The molecular weight excluding hydrogens is 254 g/mol. The number of piperidine rings is 1. The van der Waals surface area contributed by atoms with E-state index in [2.05, 4.69) is 17.2 Å². The van der Waals surface area contributed by atoms with Gasteiger partial charge in [0.1, 0.15) is 5.60 Å². The Hall–Kier alpha value is -1.83. The lowest BCUT2D eigenvalue weighted by Crippen LogP contribution is -2.47. The topological polar surface area (TPSA) is 58.6 Å². The molecule has 106 valence electrons. The van der Waals surface area contributed by atoms with E-state index in [0.29, 0.717) is 6.42 Å². The third-order valence-corrected chi connectivity index (χ3v) is 3.35. The number of esters is 1. The van der Waals surface area contributed by atoms with Gasteiger partial charge in [-0.25, -0.2) is 4.79 Å². The normalized spacial score (nSPS) is 25.4. The van der Waals surface area contributed by atoms with Gasteiger partial charge < -0.3 is 15.2 Å². The van der Waals surface area contributed by atoms with Crippen molar-refractivity contribution in [3.63, 3.8) is 0 Å². The Bertz CT molecular complexity index is 518. The van der Waals surface area contributed by atoms with E-state index >= 15 is 0 Å². The summed E-state index contributed by atoms with van der Waals surface area (Å²) in [6.07, 6.45) is 1.35. The van der Waals surface area contributed by atoms with E-state index in [9.17, 15) is 9.90 Å². The van der Waals surface area contributed by atoms with E-state index in [4.69, 9.17) is 4.74 Å². The van der Waals surface area contributed by atoms with Gasteiger partial charge in [-0.15, -0.1) is 0 Å². The van der Waals surface area contributed by atoms with Crippen LogP contribution in [0.1, 0.15) is 31.4 Å². The summed E-state index contributed by atoms with van der Waals surface area (Å²) in [6, 6.07) is 9.37. The number of carbonyl (C=O) groups excluding carboxylic acids is 1. The summed E-state index contributed by atoms with van der Waals surface area (Å²) in [5, 5.41) is 14.0. The fourth-order valence-corrected chi connectivity index (χ4v) is 2.42. The van der Waals surface area contributed by atoms with Gasteiger partial charge in [0.2, 0.25) is 0 Å². The lowest BCUT2D eigenvalue weighted by atomic mass is 9.82. The molecule has 1 aliphatic rings. The van der Waals surface area contributed by atoms with Crippen molar-refractivity contribution in [3.05, 3.63) is 35.9 Å². The highest BCUT2D eigenvalue weighted by molar-refractivity contribution is 5.88. The first-order chi connectivity index (χ1) is 9.65. The van der Waals surface area contributed by atoms with Crippen LogP contribution in [0.4, 0.5) is 0 Å². The van der Waals surface area contributed by atoms with Gasteiger partial charge >= 0.3 is 5.97 Å². The van der Waals surface area contributed by atoms with Crippen molar-refractivity contribution in [2.24, 2.45) is 0 Å². The molecule has 1 fully saturated rings. The van der Waals surface area contributed by atoms with Crippen molar-refractivity contribution in [1.29, 1.82) is 0 Å². The number of ether oxygens (including phenoxy) is 1. The molecule has 0 aliphatic carbocycles. The molecule has 2 rings (SSSR count). The number of hydrogen-bond donors (Lipinski definition) is 2. The van der Waals surface area contributed by atoms with E-state index in [-0.39, 0.29) is 12.6 Å². The maximum absolute atomic E-state index is 11.3. The van der Waals surface area contributed by atoms with Crippen LogP contribution in [0.2, 0.25) is 0 Å². The van der Waals surface area contributed by atoms with Crippen LogP contribution in [0.5, 0.6) is 0 Å². The number of carbonyl (C=O) groups is 1. The summed E-state index contributed by atoms with van der Waals surface area (Å²) >= 11 is 0. The van der Waals surface area contributed by atoms with Gasteiger partial charge in [-0.3, -0.25) is 0 Å². The summed E-state index contributed by atoms with van der Waals surface area (Å²) in [4.78, 5) is 11.3. The number of rotatable bonds is 2. The molecular formula is C16H19NO3. The number of aliphatic hydroxyl groups is 1. The first kappa shape index (κ1) is 14.6. The molecule has 1 heterocycles. The number of benzene rings is 1. The molecule has 1 saturated heterocycles. The van der Waals surface area contributed by atoms with Crippen LogP contribution in [0.15, 0.2) is 30.3 Å². The average molecular weight is 273 g/mol. The molecule has 0 amide bonds. The van der Waals surface area contributed by atoms with Crippen molar-refractivity contribution in [2.75, 3.05) is 13.2 Å². The smallest absolute Gasteiger partial charge is 0.384 e. The maximum atomic E-state index is 11.3. The van der Waals surface area contributed by atoms with Gasteiger partial charge in [-0.05, 0) is 31.9 Å². The SMILES string of the molecule is CCOC(=O)C#C[C@]1(O)CCCN[C@H]1c1ccccc1. The fourth-order valence-electron chi connectivity index (χ4n) is 2.42. The zero-order valence-electron chi connectivity index (χ0n) is 11.6. The van der Waals surface area contributed by atoms with Gasteiger partial charge in [0.15, 0.2) is 0 Å². The average Bonchev–Trinajstić information content (AvgIpc) is 2.47. The minimum atomic E-state index is -1.24. The summed E-state index contributed by atoms with van der Waals surface area (Å²) in [5.41, 5.74) is -0.278. The first-order valence-corrected chi connectivity index (χ1v) is 6.86. The van der Waals surface area contributed by atoms with Crippen LogP contribution in [-0.2, 0) is 9.53 Å². The molecule has 20 heavy (non-hydrogen) atoms. The summed E-state index contributed by atoms with van der Waals surface area (Å²) < 4.78 is 4.77. The lowest BCUT2D eigenvalue weighted by Gasteiger charge is -2.37. The predicted octanol–water partition coefficient (Wildman–Crippen LogP) is 1.41. The van der Waals surface area contributed by atoms with E-state index < -0.39 is 11.6 Å². The Labute approximate surface area is 119 Å². The van der Waals surface area contributed by atoms with Crippen LogP contribution in [0, 0.1) is 11.8 Å². The van der Waals surface area contributed by atoms with Gasteiger partial charge in [0.05, 0.1) is 12.6 Å². The minimum Gasteiger partial charge on any atom is -0.456 e. The molecule has 0 spiro atoms. The monoisotopic (exact) mass is 273 g/mol.